The molecule has 0 bridgehead atoms. The molecule has 0 aliphatic carbocycles. The van der Waals surface area contributed by atoms with Crippen LogP contribution in [-0.2, 0) is 6.18 Å². The molecule has 0 aliphatic heterocycles. The third kappa shape index (κ3) is 4.94. The van der Waals surface area contributed by atoms with Gasteiger partial charge in [-0.05, 0) is 37.3 Å². The van der Waals surface area contributed by atoms with Crippen molar-refractivity contribution in [3.05, 3.63) is 47.4 Å². The van der Waals surface area contributed by atoms with Crippen LogP contribution in [0.15, 0.2) is 30.3 Å². The molecule has 1 aromatic heterocycles. The summed E-state index contributed by atoms with van der Waals surface area (Å²) in [6, 6.07) is 4.11. The number of nitrogens with one attached hydrogen (secondary N) is 1. The number of hydrogen-bond donors (Lipinski definition) is 3. The van der Waals surface area contributed by atoms with Crippen molar-refractivity contribution in [1.29, 1.82) is 0 Å². The molecule has 2 aromatic rings. The van der Waals surface area contributed by atoms with Crippen molar-refractivity contribution in [1.82, 2.24) is 10.3 Å². The van der Waals surface area contributed by atoms with Gasteiger partial charge in [0.15, 0.2) is 11.3 Å². The van der Waals surface area contributed by atoms with Crippen molar-refractivity contribution in [2.75, 3.05) is 12.3 Å². The fraction of sp³-hybridized carbons (Fsp3) is 0.294. The molecule has 0 unspecified atom stereocenters. The number of anilines is 1. The van der Waals surface area contributed by atoms with Crippen molar-refractivity contribution < 1.29 is 40.6 Å². The number of carbonyl (C=O) groups is 1. The first-order chi connectivity index (χ1) is 13.1. The van der Waals surface area contributed by atoms with Gasteiger partial charge >= 0.3 is 12.4 Å². The van der Waals surface area contributed by atoms with Crippen LogP contribution in [0.25, 0.3) is 11.3 Å². The van der Waals surface area contributed by atoms with E-state index in [1.807, 2.05) is 0 Å². The van der Waals surface area contributed by atoms with E-state index in [0.717, 1.165) is 24.3 Å². The Bertz CT molecular complexity index is 907. The minimum atomic E-state index is -5.07. The number of rotatable bonds is 4. The number of nitrogen functional groups attached to an aromatic ring is 1. The first kappa shape index (κ1) is 22.4. The summed E-state index contributed by atoms with van der Waals surface area (Å²) in [6.07, 6.45) is -10.0. The second-order valence-corrected chi connectivity index (χ2v) is 6.28. The largest absolute Gasteiger partial charge is 0.418 e. The van der Waals surface area contributed by atoms with E-state index in [-0.39, 0.29) is 5.56 Å². The summed E-state index contributed by atoms with van der Waals surface area (Å²) in [5, 5.41) is 11.1. The predicted molar refractivity (Wildman–Crippen MR) is 88.1 cm³/mol. The minimum absolute atomic E-state index is 0.199. The van der Waals surface area contributed by atoms with Crippen LogP contribution in [0.2, 0.25) is 0 Å². The van der Waals surface area contributed by atoms with Gasteiger partial charge in [-0.15, -0.1) is 0 Å². The van der Waals surface area contributed by atoms with Crippen molar-refractivity contribution in [2.24, 2.45) is 0 Å². The van der Waals surface area contributed by atoms with Gasteiger partial charge in [0.05, 0.1) is 23.5 Å². The Kier molecular flexibility index (Phi) is 5.79. The first-order valence-corrected chi connectivity index (χ1v) is 7.84. The first-order valence-electron chi connectivity index (χ1n) is 7.84. The molecule has 1 heterocycles. The average molecular weight is 425 g/mol. The standard InChI is InChI=1S/C17H14F7N3O2/c1-15(29,17(22,23)24)7-26-14(28)13-11(25)6-10(16(19,20)21)12(27-13)8-2-4-9(18)5-3-8/h2-6,29H,7,25H2,1H3,(H,26,28)/t15-/m0/s1. The zero-order valence-electron chi connectivity index (χ0n) is 14.6. The Morgan fingerprint density at radius 3 is 2.17 bits per heavy atom. The molecular formula is C17H14F7N3O2. The number of halogens is 7. The Hall–Kier alpha value is -2.89. The molecule has 2 rings (SSSR count). The van der Waals surface area contributed by atoms with Crippen LogP contribution in [0.3, 0.4) is 0 Å². The summed E-state index contributed by atoms with van der Waals surface area (Å²) in [5.74, 6) is -2.06. The van der Waals surface area contributed by atoms with Gasteiger partial charge in [-0.2, -0.15) is 26.3 Å². The van der Waals surface area contributed by atoms with Gasteiger partial charge in [0, 0.05) is 5.56 Å². The number of alkyl halides is 6. The van der Waals surface area contributed by atoms with Crippen LogP contribution in [0.5, 0.6) is 0 Å². The van der Waals surface area contributed by atoms with Gasteiger partial charge in [0.25, 0.3) is 5.91 Å². The highest BCUT2D eigenvalue weighted by Crippen LogP contribution is 2.38. The van der Waals surface area contributed by atoms with Crippen molar-refractivity contribution in [3.8, 4) is 11.3 Å². The lowest BCUT2D eigenvalue weighted by Gasteiger charge is -2.26. The lowest BCUT2D eigenvalue weighted by atomic mass is 10.0. The predicted octanol–water partition coefficient (Wildman–Crippen LogP) is 3.53. The van der Waals surface area contributed by atoms with Crippen molar-refractivity contribution in [2.45, 2.75) is 24.9 Å². The Labute approximate surface area is 159 Å². The van der Waals surface area contributed by atoms with E-state index >= 15 is 0 Å². The molecule has 4 N–H and O–H groups in total. The highest BCUT2D eigenvalue weighted by molar-refractivity contribution is 5.98. The van der Waals surface area contributed by atoms with Crippen molar-refractivity contribution in [3.63, 3.8) is 0 Å². The maximum atomic E-state index is 13.3. The quantitative estimate of drug-likeness (QED) is 0.654. The summed E-state index contributed by atoms with van der Waals surface area (Å²) in [5.41, 5.74) is -1.65. The Morgan fingerprint density at radius 2 is 1.69 bits per heavy atom. The van der Waals surface area contributed by atoms with Crippen LogP contribution in [-0.4, -0.2) is 34.3 Å². The molecule has 0 aliphatic rings. The minimum Gasteiger partial charge on any atom is -0.397 e. The van der Waals surface area contributed by atoms with Crippen LogP contribution in [0.4, 0.5) is 36.4 Å². The van der Waals surface area contributed by atoms with E-state index in [1.54, 1.807) is 5.32 Å². The summed E-state index contributed by atoms with van der Waals surface area (Å²) >= 11 is 0. The third-order valence-electron chi connectivity index (χ3n) is 3.89. The van der Waals surface area contributed by atoms with Gasteiger partial charge in [-0.3, -0.25) is 4.79 Å². The normalized spacial score (nSPS) is 14.4. The fourth-order valence-corrected chi connectivity index (χ4v) is 2.19. The lowest BCUT2D eigenvalue weighted by molar-refractivity contribution is -0.249. The van der Waals surface area contributed by atoms with Gasteiger partial charge in [0.1, 0.15) is 5.82 Å². The summed E-state index contributed by atoms with van der Waals surface area (Å²) in [4.78, 5) is 15.7. The number of pyridine rings is 1. The molecule has 0 saturated carbocycles. The second kappa shape index (κ2) is 7.50. The zero-order chi connectivity index (χ0) is 22.2. The molecule has 1 amide bonds. The molecule has 1 aromatic carbocycles. The van der Waals surface area contributed by atoms with Crippen LogP contribution in [0.1, 0.15) is 23.0 Å². The maximum Gasteiger partial charge on any atom is 0.418 e. The molecule has 12 heteroatoms. The maximum absolute atomic E-state index is 13.3. The molecule has 0 spiro atoms. The van der Waals surface area contributed by atoms with Crippen LogP contribution in [0, 0.1) is 5.82 Å². The Balaban J connectivity index is 2.47. The molecular weight excluding hydrogens is 411 g/mol. The number of amides is 1. The second-order valence-electron chi connectivity index (χ2n) is 6.28. The van der Waals surface area contributed by atoms with Crippen molar-refractivity contribution >= 4 is 11.6 Å². The molecule has 0 saturated heterocycles. The fourth-order valence-electron chi connectivity index (χ4n) is 2.19. The number of aliphatic hydroxyl groups is 1. The van der Waals surface area contributed by atoms with Gasteiger partial charge in [-0.25, -0.2) is 9.37 Å². The number of carbonyl (C=O) groups excluding carboxylic acids is 1. The van der Waals surface area contributed by atoms with E-state index in [9.17, 15) is 40.6 Å². The van der Waals surface area contributed by atoms with Gasteiger partial charge in [0.2, 0.25) is 0 Å². The average Bonchev–Trinajstić information content (AvgIpc) is 2.58. The molecule has 1 atom stereocenters. The monoisotopic (exact) mass is 425 g/mol. The van der Waals surface area contributed by atoms with E-state index in [2.05, 4.69) is 4.98 Å². The topological polar surface area (TPSA) is 88.2 Å². The van der Waals surface area contributed by atoms with E-state index < -0.39 is 58.9 Å². The molecule has 0 radical (unpaired) electrons. The molecule has 5 nitrogen and oxygen atoms in total. The van der Waals surface area contributed by atoms with Gasteiger partial charge < -0.3 is 16.2 Å². The summed E-state index contributed by atoms with van der Waals surface area (Å²) in [7, 11) is 0. The SMILES string of the molecule is C[C@](O)(CNC(=O)c1nc(-c2ccc(F)cc2)c(C(F)(F)F)cc1N)C(F)(F)F. The van der Waals surface area contributed by atoms with E-state index in [4.69, 9.17) is 5.73 Å². The van der Waals surface area contributed by atoms with E-state index in [0.29, 0.717) is 13.0 Å². The number of hydrogen-bond acceptors (Lipinski definition) is 4. The third-order valence-corrected chi connectivity index (χ3v) is 3.89. The van der Waals surface area contributed by atoms with Crippen LogP contribution >= 0.6 is 0 Å². The molecule has 0 fully saturated rings. The van der Waals surface area contributed by atoms with E-state index in [1.165, 1.54) is 0 Å². The number of nitrogens with zero attached hydrogens (tertiary/aromatic N) is 1. The summed E-state index contributed by atoms with van der Waals surface area (Å²) < 4.78 is 91.1. The molecule has 29 heavy (non-hydrogen) atoms. The zero-order valence-corrected chi connectivity index (χ0v) is 14.6. The highest BCUT2D eigenvalue weighted by Gasteiger charge is 2.50. The smallest absolute Gasteiger partial charge is 0.397 e. The number of aromatic nitrogens is 1. The number of nitrogens with two attached hydrogens (primary N) is 1. The van der Waals surface area contributed by atoms with Crippen LogP contribution < -0.4 is 11.1 Å². The Morgan fingerprint density at radius 1 is 1.14 bits per heavy atom. The highest BCUT2D eigenvalue weighted by atomic mass is 19.4. The summed E-state index contributed by atoms with van der Waals surface area (Å²) in [6.45, 7) is -0.885. The van der Waals surface area contributed by atoms with Gasteiger partial charge in [-0.1, -0.05) is 0 Å². The molecule has 158 valence electrons. The lowest BCUT2D eigenvalue weighted by Crippen LogP contribution is -2.51. The number of benzene rings is 1.